The minimum atomic E-state index is -0.0670. The molecule has 1 N–H and O–H groups in total. The summed E-state index contributed by atoms with van der Waals surface area (Å²) in [6.07, 6.45) is 4.49. The Morgan fingerprint density at radius 1 is 1.47 bits per heavy atom. The van der Waals surface area contributed by atoms with Gasteiger partial charge in [0.15, 0.2) is 0 Å². The van der Waals surface area contributed by atoms with Crippen molar-refractivity contribution in [2.45, 2.75) is 27.2 Å². The van der Waals surface area contributed by atoms with Crippen LogP contribution in [0, 0.1) is 11.3 Å². The Morgan fingerprint density at radius 2 is 2.13 bits per heavy atom. The van der Waals surface area contributed by atoms with Gasteiger partial charge in [0, 0.05) is 23.5 Å². The molecule has 1 unspecified atom stereocenters. The predicted octanol–water partition coefficient (Wildman–Crippen LogP) is 3.04. The van der Waals surface area contributed by atoms with Gasteiger partial charge in [-0.15, -0.1) is 0 Å². The lowest BCUT2D eigenvalue weighted by Crippen LogP contribution is -2.30. The lowest BCUT2D eigenvalue weighted by molar-refractivity contribution is 0.0947. The van der Waals surface area contributed by atoms with Crippen molar-refractivity contribution in [3.63, 3.8) is 0 Å². The van der Waals surface area contributed by atoms with E-state index in [2.05, 4.69) is 47.8 Å². The van der Waals surface area contributed by atoms with Gasteiger partial charge in [0.05, 0.1) is 0 Å². The van der Waals surface area contributed by atoms with Gasteiger partial charge in [0.2, 0.25) is 0 Å². The first-order chi connectivity index (χ1) is 6.98. The third-order valence-corrected chi connectivity index (χ3v) is 3.56. The van der Waals surface area contributed by atoms with Crippen LogP contribution >= 0.6 is 15.9 Å². The van der Waals surface area contributed by atoms with E-state index in [-0.39, 0.29) is 12.0 Å². The van der Waals surface area contributed by atoms with Crippen LogP contribution in [0.3, 0.4) is 0 Å². The molecule has 0 saturated carbocycles. The Labute approximate surface area is 99.9 Å². The summed E-state index contributed by atoms with van der Waals surface area (Å²) in [5, 5.41) is 9.45. The number of aliphatic hydroxyl groups is 1. The number of pyridine rings is 1. The number of rotatable bonds is 4. The molecule has 3 heteroatoms. The summed E-state index contributed by atoms with van der Waals surface area (Å²) in [6.45, 7) is 6.60. The van der Waals surface area contributed by atoms with E-state index >= 15 is 0 Å². The maximum absolute atomic E-state index is 9.45. The fraction of sp³-hybridized carbons (Fsp3) is 0.583. The molecule has 0 amide bonds. The molecule has 0 aliphatic carbocycles. The second-order valence-corrected chi connectivity index (χ2v) is 5.57. The highest BCUT2D eigenvalue weighted by Gasteiger charge is 2.27. The van der Waals surface area contributed by atoms with Gasteiger partial charge in [-0.05, 0) is 45.3 Å². The van der Waals surface area contributed by atoms with Crippen molar-refractivity contribution in [2.75, 3.05) is 6.61 Å². The minimum absolute atomic E-state index is 0.0670. The highest BCUT2D eigenvalue weighted by atomic mass is 79.9. The zero-order chi connectivity index (χ0) is 11.5. The molecule has 1 aromatic heterocycles. The van der Waals surface area contributed by atoms with Gasteiger partial charge in [-0.3, -0.25) is 4.98 Å². The highest BCUT2D eigenvalue weighted by Crippen LogP contribution is 2.31. The van der Waals surface area contributed by atoms with E-state index < -0.39 is 0 Å². The molecular formula is C12H18BrNO. The standard InChI is InChI=1S/C12H18BrNO/c1-9(2)12(3,8-15)5-10-4-11(13)7-14-6-10/h4,6-7,9,15H,5,8H2,1-3H3. The van der Waals surface area contributed by atoms with Crippen LogP contribution in [0.4, 0.5) is 0 Å². The Morgan fingerprint density at radius 3 is 2.60 bits per heavy atom. The number of hydrogen-bond donors (Lipinski definition) is 1. The van der Waals surface area contributed by atoms with Gasteiger partial charge in [0.1, 0.15) is 0 Å². The van der Waals surface area contributed by atoms with Crippen LogP contribution in [-0.4, -0.2) is 16.7 Å². The molecule has 0 bridgehead atoms. The van der Waals surface area contributed by atoms with E-state index in [4.69, 9.17) is 0 Å². The number of hydrogen-bond acceptors (Lipinski definition) is 2. The maximum atomic E-state index is 9.45. The van der Waals surface area contributed by atoms with Crippen LogP contribution in [0.25, 0.3) is 0 Å². The molecule has 0 aromatic carbocycles. The average molecular weight is 272 g/mol. The van der Waals surface area contributed by atoms with Crippen LogP contribution in [0.5, 0.6) is 0 Å². The quantitative estimate of drug-likeness (QED) is 0.913. The fourth-order valence-corrected chi connectivity index (χ4v) is 1.87. The molecule has 2 nitrogen and oxygen atoms in total. The Kier molecular flexibility index (Phi) is 4.29. The topological polar surface area (TPSA) is 33.1 Å². The maximum Gasteiger partial charge on any atom is 0.0490 e. The fourth-order valence-electron chi connectivity index (χ4n) is 1.46. The molecule has 0 fully saturated rings. The minimum Gasteiger partial charge on any atom is -0.396 e. The van der Waals surface area contributed by atoms with Gasteiger partial charge in [-0.1, -0.05) is 20.8 Å². The summed E-state index contributed by atoms with van der Waals surface area (Å²) in [6, 6.07) is 2.06. The van der Waals surface area contributed by atoms with Crippen molar-refractivity contribution in [1.29, 1.82) is 0 Å². The van der Waals surface area contributed by atoms with E-state index in [1.54, 1.807) is 6.20 Å². The van der Waals surface area contributed by atoms with E-state index in [1.165, 1.54) is 0 Å². The van der Waals surface area contributed by atoms with Gasteiger partial charge >= 0.3 is 0 Å². The third-order valence-electron chi connectivity index (χ3n) is 3.12. The molecule has 1 aromatic rings. The predicted molar refractivity (Wildman–Crippen MR) is 65.7 cm³/mol. The van der Waals surface area contributed by atoms with Crippen LogP contribution in [0.1, 0.15) is 26.3 Å². The summed E-state index contributed by atoms with van der Waals surface area (Å²) in [7, 11) is 0. The first-order valence-electron chi connectivity index (χ1n) is 5.18. The largest absolute Gasteiger partial charge is 0.396 e. The number of aromatic nitrogens is 1. The number of halogens is 1. The SMILES string of the molecule is CC(C)C(C)(CO)Cc1cncc(Br)c1. The molecule has 1 heterocycles. The number of aliphatic hydroxyl groups excluding tert-OH is 1. The molecule has 0 aliphatic rings. The first-order valence-corrected chi connectivity index (χ1v) is 5.97. The van der Waals surface area contributed by atoms with Crippen LogP contribution < -0.4 is 0 Å². The van der Waals surface area contributed by atoms with Gasteiger partial charge in [-0.25, -0.2) is 0 Å². The molecule has 0 radical (unpaired) electrons. The van der Waals surface area contributed by atoms with Crippen molar-refractivity contribution in [3.05, 3.63) is 28.5 Å². The van der Waals surface area contributed by atoms with Crippen LogP contribution in [-0.2, 0) is 6.42 Å². The van der Waals surface area contributed by atoms with E-state index in [9.17, 15) is 5.11 Å². The van der Waals surface area contributed by atoms with Crippen molar-refractivity contribution >= 4 is 15.9 Å². The third kappa shape index (κ3) is 3.28. The van der Waals surface area contributed by atoms with Crippen molar-refractivity contribution in [2.24, 2.45) is 11.3 Å². The Balaban J connectivity index is 2.84. The van der Waals surface area contributed by atoms with Gasteiger partial charge in [0.25, 0.3) is 0 Å². The smallest absolute Gasteiger partial charge is 0.0490 e. The summed E-state index contributed by atoms with van der Waals surface area (Å²) < 4.78 is 0.990. The lowest BCUT2D eigenvalue weighted by Gasteiger charge is -2.31. The van der Waals surface area contributed by atoms with Gasteiger partial charge < -0.3 is 5.11 Å². The lowest BCUT2D eigenvalue weighted by atomic mass is 9.75. The Hall–Kier alpha value is -0.410. The summed E-state index contributed by atoms with van der Waals surface area (Å²) >= 11 is 3.40. The van der Waals surface area contributed by atoms with Crippen LogP contribution in [0.15, 0.2) is 22.9 Å². The Bertz CT molecular complexity index is 327. The van der Waals surface area contributed by atoms with Crippen molar-refractivity contribution in [1.82, 2.24) is 4.98 Å². The highest BCUT2D eigenvalue weighted by molar-refractivity contribution is 9.10. The molecule has 0 saturated heterocycles. The zero-order valence-corrected chi connectivity index (χ0v) is 11.1. The van der Waals surface area contributed by atoms with E-state index in [0.29, 0.717) is 5.92 Å². The van der Waals surface area contributed by atoms with Crippen LogP contribution in [0.2, 0.25) is 0 Å². The van der Waals surface area contributed by atoms with Crippen molar-refractivity contribution < 1.29 is 5.11 Å². The summed E-state index contributed by atoms with van der Waals surface area (Å²) in [5.41, 5.74) is 1.09. The molecule has 0 aliphatic heterocycles. The molecule has 84 valence electrons. The summed E-state index contributed by atoms with van der Waals surface area (Å²) in [4.78, 5) is 4.13. The molecule has 15 heavy (non-hydrogen) atoms. The monoisotopic (exact) mass is 271 g/mol. The average Bonchev–Trinajstić information content (AvgIpc) is 2.17. The van der Waals surface area contributed by atoms with Crippen molar-refractivity contribution in [3.8, 4) is 0 Å². The molecule has 1 atom stereocenters. The second kappa shape index (κ2) is 5.08. The molecular weight excluding hydrogens is 254 g/mol. The van der Waals surface area contributed by atoms with E-state index in [1.807, 2.05) is 6.20 Å². The molecule has 1 rings (SSSR count). The number of nitrogens with zero attached hydrogens (tertiary/aromatic N) is 1. The zero-order valence-electron chi connectivity index (χ0n) is 9.50. The first kappa shape index (κ1) is 12.7. The van der Waals surface area contributed by atoms with Gasteiger partial charge in [-0.2, -0.15) is 0 Å². The second-order valence-electron chi connectivity index (χ2n) is 4.66. The summed E-state index contributed by atoms with van der Waals surface area (Å²) in [5.74, 6) is 0.446. The van der Waals surface area contributed by atoms with E-state index in [0.717, 1.165) is 16.5 Å². The normalized spacial score (nSPS) is 15.3. The molecule has 0 spiro atoms.